The molecule has 0 saturated carbocycles. The largest absolute Gasteiger partial charge is 0.454 e. The van der Waals surface area contributed by atoms with E-state index < -0.39 is 0 Å². The summed E-state index contributed by atoms with van der Waals surface area (Å²) in [5.74, 6) is 2.01. The normalized spacial score (nSPS) is 17.1. The summed E-state index contributed by atoms with van der Waals surface area (Å²) in [5.41, 5.74) is 7.76. The highest BCUT2D eigenvalue weighted by Gasteiger charge is 2.20. The van der Waals surface area contributed by atoms with Crippen LogP contribution < -0.4 is 25.6 Å². The topological polar surface area (TPSA) is 71.6 Å². The number of hydrogen-bond donors (Lipinski definition) is 3. The van der Waals surface area contributed by atoms with E-state index in [0.29, 0.717) is 17.6 Å². The smallest absolute Gasteiger partial charge is 0.279 e. The molecular formula is C19H21N3O3S2. The Morgan fingerprint density at radius 2 is 2.11 bits per heavy atom. The molecule has 0 bridgehead atoms. The highest BCUT2D eigenvalue weighted by atomic mass is 32.1. The molecule has 2 aromatic rings. The van der Waals surface area contributed by atoms with Crippen molar-refractivity contribution in [3.63, 3.8) is 0 Å². The van der Waals surface area contributed by atoms with Crippen molar-refractivity contribution in [2.24, 2.45) is 5.92 Å². The van der Waals surface area contributed by atoms with E-state index in [9.17, 15) is 4.79 Å². The maximum atomic E-state index is 12.4. The van der Waals surface area contributed by atoms with Gasteiger partial charge in [-0.25, -0.2) is 0 Å². The Labute approximate surface area is 167 Å². The highest BCUT2D eigenvalue weighted by Crippen LogP contribution is 2.33. The van der Waals surface area contributed by atoms with Crippen LogP contribution >= 0.6 is 23.6 Å². The zero-order valence-corrected chi connectivity index (χ0v) is 16.6. The summed E-state index contributed by atoms with van der Waals surface area (Å²) in [6.07, 6.45) is 3.32. The lowest BCUT2D eigenvalue weighted by atomic mass is 9.90. The van der Waals surface area contributed by atoms with Crippen molar-refractivity contribution in [1.29, 1.82) is 0 Å². The number of carbonyl (C=O) groups is 1. The molecule has 1 aromatic heterocycles. The number of carbonyl (C=O) groups excluding carboxylic acids is 1. The molecule has 8 heteroatoms. The van der Waals surface area contributed by atoms with E-state index in [4.69, 9.17) is 21.7 Å². The van der Waals surface area contributed by atoms with Gasteiger partial charge in [-0.1, -0.05) is 13.0 Å². The first-order valence-corrected chi connectivity index (χ1v) is 10.2. The van der Waals surface area contributed by atoms with Crippen LogP contribution in [-0.4, -0.2) is 17.8 Å². The summed E-state index contributed by atoms with van der Waals surface area (Å²) in [5, 5.41) is 3.42. The third kappa shape index (κ3) is 4.17. The Balaban J connectivity index is 1.26. The molecule has 0 spiro atoms. The molecule has 142 valence electrons. The first-order chi connectivity index (χ1) is 13.1. The van der Waals surface area contributed by atoms with Gasteiger partial charge in [0.1, 0.15) is 0 Å². The number of benzene rings is 1. The second-order valence-corrected chi connectivity index (χ2v) is 8.40. The van der Waals surface area contributed by atoms with Crippen molar-refractivity contribution < 1.29 is 14.3 Å². The van der Waals surface area contributed by atoms with E-state index >= 15 is 0 Å². The second-order valence-electron chi connectivity index (χ2n) is 6.86. The summed E-state index contributed by atoms with van der Waals surface area (Å²) in [6, 6.07) is 7.74. The SMILES string of the molecule is C[C@H]1CCc2sc(C(=O)NNC(=S)NCc3ccc4c(c3)OCO4)cc2C1. The average molecular weight is 404 g/mol. The van der Waals surface area contributed by atoms with Gasteiger partial charge in [-0.05, 0) is 66.7 Å². The molecule has 27 heavy (non-hydrogen) atoms. The van der Waals surface area contributed by atoms with Gasteiger partial charge in [0.05, 0.1) is 4.88 Å². The molecule has 0 saturated heterocycles. The Morgan fingerprint density at radius 1 is 1.26 bits per heavy atom. The Bertz CT molecular complexity index is 881. The first kappa shape index (κ1) is 18.1. The predicted molar refractivity (Wildman–Crippen MR) is 108 cm³/mol. The molecule has 2 heterocycles. The molecule has 0 unspecified atom stereocenters. The number of hydrazine groups is 1. The number of fused-ring (bicyclic) bond motifs is 2. The Morgan fingerprint density at radius 3 is 3.00 bits per heavy atom. The van der Waals surface area contributed by atoms with Crippen LogP contribution in [0, 0.1) is 5.92 Å². The van der Waals surface area contributed by atoms with Crippen LogP contribution in [0.1, 0.15) is 39.0 Å². The van der Waals surface area contributed by atoms with Crippen molar-refractivity contribution in [3.8, 4) is 11.5 Å². The molecule has 1 atom stereocenters. The molecule has 6 nitrogen and oxygen atoms in total. The first-order valence-electron chi connectivity index (χ1n) is 8.93. The molecule has 2 aliphatic rings. The van der Waals surface area contributed by atoms with Crippen molar-refractivity contribution in [2.75, 3.05) is 6.79 Å². The summed E-state index contributed by atoms with van der Waals surface area (Å²) in [7, 11) is 0. The highest BCUT2D eigenvalue weighted by molar-refractivity contribution is 7.80. The minimum absolute atomic E-state index is 0.158. The van der Waals surface area contributed by atoms with Gasteiger partial charge >= 0.3 is 0 Å². The van der Waals surface area contributed by atoms with Crippen LogP contribution in [0.3, 0.4) is 0 Å². The number of thiocarbonyl (C=S) groups is 1. The maximum Gasteiger partial charge on any atom is 0.279 e. The third-order valence-corrected chi connectivity index (χ3v) is 6.21. The third-order valence-electron chi connectivity index (χ3n) is 4.73. The zero-order chi connectivity index (χ0) is 18.8. The summed E-state index contributed by atoms with van der Waals surface area (Å²) in [4.78, 5) is 14.4. The summed E-state index contributed by atoms with van der Waals surface area (Å²) in [6.45, 7) is 3.03. The fourth-order valence-corrected chi connectivity index (χ4v) is 4.50. The number of thiophene rings is 1. The van der Waals surface area contributed by atoms with E-state index in [1.165, 1.54) is 16.9 Å². The van der Waals surface area contributed by atoms with Crippen LogP contribution in [0.5, 0.6) is 11.5 Å². The van der Waals surface area contributed by atoms with E-state index in [1.807, 2.05) is 24.3 Å². The monoisotopic (exact) mass is 403 g/mol. The summed E-state index contributed by atoms with van der Waals surface area (Å²) >= 11 is 6.81. The van der Waals surface area contributed by atoms with Gasteiger partial charge in [0.25, 0.3) is 5.91 Å². The summed E-state index contributed by atoms with van der Waals surface area (Å²) < 4.78 is 10.7. The second kappa shape index (κ2) is 7.74. The molecule has 4 rings (SSSR count). The average Bonchev–Trinajstić information content (AvgIpc) is 3.30. The predicted octanol–water partition coefficient (Wildman–Crippen LogP) is 2.91. The van der Waals surface area contributed by atoms with E-state index in [0.717, 1.165) is 34.8 Å². The number of rotatable bonds is 3. The van der Waals surface area contributed by atoms with Gasteiger partial charge in [0, 0.05) is 11.4 Å². The molecule has 0 fully saturated rings. The fraction of sp³-hybridized carbons (Fsp3) is 0.368. The van der Waals surface area contributed by atoms with Gasteiger partial charge in [0.2, 0.25) is 6.79 Å². The lowest BCUT2D eigenvalue weighted by molar-refractivity contribution is 0.0947. The molecule has 1 aliphatic heterocycles. The van der Waals surface area contributed by atoms with E-state index in [2.05, 4.69) is 23.1 Å². The molecule has 1 amide bonds. The lowest BCUT2D eigenvalue weighted by Gasteiger charge is -2.16. The molecule has 3 N–H and O–H groups in total. The number of aryl methyl sites for hydroxylation is 1. The van der Waals surface area contributed by atoms with Gasteiger partial charge in [-0.15, -0.1) is 11.3 Å². The zero-order valence-electron chi connectivity index (χ0n) is 15.0. The van der Waals surface area contributed by atoms with Crippen LogP contribution in [-0.2, 0) is 19.4 Å². The van der Waals surface area contributed by atoms with Crippen LogP contribution in [0.15, 0.2) is 24.3 Å². The van der Waals surface area contributed by atoms with E-state index in [1.54, 1.807) is 11.3 Å². The number of ether oxygens (including phenoxy) is 2. The van der Waals surface area contributed by atoms with Gasteiger partial charge in [0.15, 0.2) is 16.6 Å². The number of nitrogens with one attached hydrogen (secondary N) is 3. The van der Waals surface area contributed by atoms with Crippen molar-refractivity contribution in [3.05, 3.63) is 45.1 Å². The number of hydrogen-bond acceptors (Lipinski definition) is 5. The molecule has 1 aliphatic carbocycles. The number of amides is 1. The van der Waals surface area contributed by atoms with Crippen molar-refractivity contribution >= 4 is 34.6 Å². The van der Waals surface area contributed by atoms with Crippen LogP contribution in [0.25, 0.3) is 0 Å². The minimum atomic E-state index is -0.158. The van der Waals surface area contributed by atoms with Crippen LogP contribution in [0.4, 0.5) is 0 Å². The molecule has 0 radical (unpaired) electrons. The molecule has 1 aromatic carbocycles. The Kier molecular flexibility index (Phi) is 5.18. The lowest BCUT2D eigenvalue weighted by Crippen LogP contribution is -2.46. The van der Waals surface area contributed by atoms with Gasteiger partial charge in [-0.3, -0.25) is 15.6 Å². The Hall–Kier alpha value is -2.32. The fourth-order valence-electron chi connectivity index (χ4n) is 3.27. The quantitative estimate of drug-likeness (QED) is 0.541. The van der Waals surface area contributed by atoms with Crippen LogP contribution in [0.2, 0.25) is 0 Å². The molecular weight excluding hydrogens is 382 g/mol. The van der Waals surface area contributed by atoms with Crippen molar-refractivity contribution in [2.45, 2.75) is 32.7 Å². The van der Waals surface area contributed by atoms with Crippen molar-refractivity contribution in [1.82, 2.24) is 16.2 Å². The maximum absolute atomic E-state index is 12.4. The van der Waals surface area contributed by atoms with Gasteiger partial charge < -0.3 is 14.8 Å². The van der Waals surface area contributed by atoms with Gasteiger partial charge in [-0.2, -0.15) is 0 Å². The van der Waals surface area contributed by atoms with E-state index in [-0.39, 0.29) is 12.7 Å². The minimum Gasteiger partial charge on any atom is -0.454 e. The standard InChI is InChI=1S/C19H21N3O3S2/c1-11-2-5-16-13(6-11)8-17(27-16)18(23)21-22-19(26)20-9-12-3-4-14-15(7-12)25-10-24-14/h3-4,7-8,11H,2,5-6,9-10H2,1H3,(H,21,23)(H2,20,22,26)/t11-/m0/s1.